The number of rotatable bonds is 6. The maximum atomic E-state index is 13.4. The normalized spacial score (nSPS) is 17.4. The van der Waals surface area contributed by atoms with E-state index in [2.05, 4.69) is 25.3 Å². The van der Waals surface area contributed by atoms with Crippen LogP contribution in [0.1, 0.15) is 12.0 Å². The van der Waals surface area contributed by atoms with Gasteiger partial charge >= 0.3 is 12.2 Å². The summed E-state index contributed by atoms with van der Waals surface area (Å²) in [4.78, 5) is 33.6. The third-order valence-corrected chi connectivity index (χ3v) is 6.03. The zero-order valence-corrected chi connectivity index (χ0v) is 19.3. The lowest BCUT2D eigenvalue weighted by atomic mass is 10.1. The summed E-state index contributed by atoms with van der Waals surface area (Å²) in [6, 6.07) is 5.32. The summed E-state index contributed by atoms with van der Waals surface area (Å²) >= 11 is 0. The molecule has 2 aliphatic heterocycles. The number of carbonyl (C=O) groups excluding carboxylic acids is 1. The number of aliphatic hydroxyl groups is 2. The SMILES string of the molecule is O=C(Nc1cc(OC[C@@H](O)CO)ncn1)N1c2nc(-c3cccc(C(F)(F)F)c3)ncc2N2CC[C@H]1C2. The van der Waals surface area contributed by atoms with E-state index in [-0.39, 0.29) is 41.6 Å². The van der Waals surface area contributed by atoms with Crippen LogP contribution in [0.3, 0.4) is 0 Å². The quantitative estimate of drug-likeness (QED) is 0.450. The Kier molecular flexibility index (Phi) is 6.52. The number of nitrogens with one attached hydrogen (secondary N) is 1. The number of aliphatic hydroxyl groups excluding tert-OH is 2. The third kappa shape index (κ3) is 5.11. The van der Waals surface area contributed by atoms with Crippen molar-refractivity contribution < 1.29 is 32.9 Å². The maximum absolute atomic E-state index is 13.4. The Bertz CT molecular complexity index is 1310. The molecule has 11 nitrogen and oxygen atoms in total. The summed E-state index contributed by atoms with van der Waals surface area (Å²) in [6.45, 7) is 0.551. The lowest BCUT2D eigenvalue weighted by Gasteiger charge is -2.35. The van der Waals surface area contributed by atoms with Gasteiger partial charge in [0.1, 0.15) is 24.9 Å². The second-order valence-electron chi connectivity index (χ2n) is 8.56. The zero-order chi connectivity index (χ0) is 26.2. The molecule has 4 heterocycles. The Morgan fingerprint density at radius 3 is 2.86 bits per heavy atom. The highest BCUT2D eigenvalue weighted by molar-refractivity contribution is 6.04. The van der Waals surface area contributed by atoms with Crippen molar-refractivity contribution in [1.29, 1.82) is 0 Å². The minimum Gasteiger partial charge on any atom is -0.475 e. The van der Waals surface area contributed by atoms with Crippen LogP contribution in [0.15, 0.2) is 42.9 Å². The summed E-state index contributed by atoms with van der Waals surface area (Å²) in [5.74, 6) is 0.552. The fraction of sp³-hybridized carbons (Fsp3) is 0.348. The fourth-order valence-corrected chi connectivity index (χ4v) is 4.24. The Morgan fingerprint density at radius 1 is 1.24 bits per heavy atom. The molecule has 37 heavy (non-hydrogen) atoms. The van der Waals surface area contributed by atoms with Gasteiger partial charge in [0.2, 0.25) is 5.88 Å². The molecule has 3 N–H and O–H groups in total. The van der Waals surface area contributed by atoms with Gasteiger partial charge in [0.25, 0.3) is 0 Å². The standard InChI is InChI=1S/C23H22F3N7O4/c24-23(25,26)14-3-1-2-13(6-14)20-27-8-17-21(31-20)33(15-4-5-32(17)9-15)22(36)30-18-7-19(29-12-28-18)37-11-16(35)10-34/h1-3,6-8,12,15-16,34-35H,4-5,9-11H2,(H,28,29,30,36)/t15-,16-/m0/s1. The van der Waals surface area contributed by atoms with Crippen molar-refractivity contribution in [2.75, 3.05) is 41.4 Å². The molecule has 14 heteroatoms. The third-order valence-electron chi connectivity index (χ3n) is 6.03. The number of amides is 2. The molecule has 0 spiro atoms. The van der Waals surface area contributed by atoms with Crippen LogP contribution in [0.2, 0.25) is 0 Å². The minimum absolute atomic E-state index is 0.0605. The Labute approximate surface area is 208 Å². The van der Waals surface area contributed by atoms with Crippen LogP contribution in [-0.4, -0.2) is 74.6 Å². The number of nitrogens with zero attached hydrogens (tertiary/aromatic N) is 6. The van der Waals surface area contributed by atoms with Gasteiger partial charge in [-0.05, 0) is 18.6 Å². The maximum Gasteiger partial charge on any atom is 0.416 e. The fourth-order valence-electron chi connectivity index (χ4n) is 4.24. The number of hydrogen-bond donors (Lipinski definition) is 3. The summed E-state index contributed by atoms with van der Waals surface area (Å²) in [5, 5.41) is 21.0. The number of carbonyl (C=O) groups is 1. The molecule has 2 atom stereocenters. The Hall–Kier alpha value is -4.04. The van der Waals surface area contributed by atoms with Gasteiger partial charge in [-0.15, -0.1) is 0 Å². The van der Waals surface area contributed by atoms with Crippen molar-refractivity contribution in [3.63, 3.8) is 0 Å². The van der Waals surface area contributed by atoms with Gasteiger partial charge in [0, 0.05) is 24.7 Å². The number of anilines is 3. The van der Waals surface area contributed by atoms with Gasteiger partial charge in [0.15, 0.2) is 11.6 Å². The number of hydrogen-bond acceptors (Lipinski definition) is 9. The molecule has 0 unspecified atom stereocenters. The van der Waals surface area contributed by atoms with Crippen molar-refractivity contribution >= 4 is 23.4 Å². The monoisotopic (exact) mass is 517 g/mol. The van der Waals surface area contributed by atoms with Crippen molar-refractivity contribution in [1.82, 2.24) is 19.9 Å². The number of halogens is 3. The number of aromatic nitrogens is 4. The van der Waals surface area contributed by atoms with E-state index in [0.717, 1.165) is 12.1 Å². The molecule has 5 rings (SSSR count). The molecule has 3 aromatic rings. The first-order chi connectivity index (χ1) is 17.7. The van der Waals surface area contributed by atoms with E-state index in [4.69, 9.17) is 9.84 Å². The molecule has 2 aliphatic rings. The average Bonchev–Trinajstić information content (AvgIpc) is 3.31. The van der Waals surface area contributed by atoms with Crippen LogP contribution in [0, 0.1) is 0 Å². The number of alkyl halides is 3. The van der Waals surface area contributed by atoms with Gasteiger partial charge in [0.05, 0.1) is 30.1 Å². The van der Waals surface area contributed by atoms with Crippen LogP contribution in [0.4, 0.5) is 35.3 Å². The number of ether oxygens (including phenoxy) is 1. The van der Waals surface area contributed by atoms with E-state index < -0.39 is 30.5 Å². The largest absolute Gasteiger partial charge is 0.475 e. The van der Waals surface area contributed by atoms with Gasteiger partial charge in [-0.2, -0.15) is 13.2 Å². The first-order valence-electron chi connectivity index (χ1n) is 11.4. The lowest BCUT2D eigenvalue weighted by Crippen LogP contribution is -2.48. The van der Waals surface area contributed by atoms with E-state index in [1.165, 1.54) is 35.6 Å². The molecule has 0 radical (unpaired) electrons. The highest BCUT2D eigenvalue weighted by atomic mass is 19.4. The van der Waals surface area contributed by atoms with Crippen LogP contribution in [0.5, 0.6) is 5.88 Å². The van der Waals surface area contributed by atoms with Crippen LogP contribution >= 0.6 is 0 Å². The summed E-state index contributed by atoms with van der Waals surface area (Å²) in [5.41, 5.74) is -0.0454. The predicted molar refractivity (Wildman–Crippen MR) is 125 cm³/mol. The average molecular weight is 517 g/mol. The van der Waals surface area contributed by atoms with E-state index in [0.29, 0.717) is 25.2 Å². The Morgan fingerprint density at radius 2 is 2.08 bits per heavy atom. The molecule has 1 fully saturated rings. The molecule has 0 aliphatic carbocycles. The number of fused-ring (bicyclic) bond motifs is 4. The Balaban J connectivity index is 1.42. The van der Waals surface area contributed by atoms with E-state index in [1.807, 2.05) is 4.90 Å². The summed E-state index contributed by atoms with van der Waals surface area (Å²) < 4.78 is 45.0. The number of benzene rings is 1. The van der Waals surface area contributed by atoms with Crippen molar-refractivity contribution in [2.45, 2.75) is 24.7 Å². The molecular formula is C23H22F3N7O4. The first-order valence-corrected chi connectivity index (χ1v) is 11.4. The molecule has 1 aromatic carbocycles. The van der Waals surface area contributed by atoms with Crippen LogP contribution in [0.25, 0.3) is 11.4 Å². The van der Waals surface area contributed by atoms with Crippen molar-refractivity contribution in [3.8, 4) is 17.3 Å². The number of urea groups is 1. The second kappa shape index (κ2) is 9.78. The minimum atomic E-state index is -4.52. The van der Waals surface area contributed by atoms with Crippen LogP contribution < -0.4 is 19.9 Å². The summed E-state index contributed by atoms with van der Waals surface area (Å²) in [6.07, 6.45) is -2.25. The van der Waals surface area contributed by atoms with E-state index in [1.54, 1.807) is 0 Å². The van der Waals surface area contributed by atoms with Gasteiger partial charge in [-0.25, -0.2) is 24.7 Å². The van der Waals surface area contributed by atoms with Crippen molar-refractivity contribution in [2.24, 2.45) is 0 Å². The molecule has 2 amide bonds. The summed E-state index contributed by atoms with van der Waals surface area (Å²) in [7, 11) is 0. The molecule has 1 saturated heterocycles. The second-order valence-corrected chi connectivity index (χ2v) is 8.56. The smallest absolute Gasteiger partial charge is 0.416 e. The van der Waals surface area contributed by atoms with Gasteiger partial charge in [-0.1, -0.05) is 12.1 Å². The van der Waals surface area contributed by atoms with Crippen LogP contribution in [-0.2, 0) is 6.18 Å². The zero-order valence-electron chi connectivity index (χ0n) is 19.3. The predicted octanol–water partition coefficient (Wildman–Crippen LogP) is 2.32. The highest BCUT2D eigenvalue weighted by Crippen LogP contribution is 2.40. The molecule has 2 aromatic heterocycles. The molecule has 2 bridgehead atoms. The van der Waals surface area contributed by atoms with Gasteiger partial charge < -0.3 is 19.8 Å². The molecular weight excluding hydrogens is 495 g/mol. The highest BCUT2D eigenvalue weighted by Gasteiger charge is 2.41. The molecule has 0 saturated carbocycles. The topological polar surface area (TPSA) is 137 Å². The van der Waals surface area contributed by atoms with Gasteiger partial charge in [-0.3, -0.25) is 10.2 Å². The van der Waals surface area contributed by atoms with Crippen molar-refractivity contribution in [3.05, 3.63) is 48.4 Å². The molecule has 194 valence electrons. The van der Waals surface area contributed by atoms with E-state index in [9.17, 15) is 23.1 Å². The lowest BCUT2D eigenvalue weighted by molar-refractivity contribution is -0.137. The van der Waals surface area contributed by atoms with E-state index >= 15 is 0 Å². The first kappa shape index (κ1) is 24.6.